The highest BCUT2D eigenvalue weighted by Gasteiger charge is 2.35. The number of benzene rings is 1. The van der Waals surface area contributed by atoms with Crippen molar-refractivity contribution in [3.8, 4) is 0 Å². The van der Waals surface area contributed by atoms with Crippen molar-refractivity contribution in [1.29, 1.82) is 0 Å². The second-order valence-corrected chi connectivity index (χ2v) is 6.93. The number of piperazine rings is 1. The van der Waals surface area contributed by atoms with E-state index in [0.717, 1.165) is 24.1 Å². The summed E-state index contributed by atoms with van der Waals surface area (Å²) in [6.45, 7) is 6.41. The van der Waals surface area contributed by atoms with E-state index in [9.17, 15) is 14.4 Å². The van der Waals surface area contributed by atoms with E-state index in [1.165, 1.54) is 4.90 Å². The fraction of sp³-hybridized carbons (Fsp3) is 0.471. The zero-order chi connectivity index (χ0) is 17.3. The average molecular weight is 394 g/mol. The molecule has 128 valence electrons. The van der Waals surface area contributed by atoms with Gasteiger partial charge in [-0.25, -0.2) is 0 Å². The van der Waals surface area contributed by atoms with E-state index in [4.69, 9.17) is 0 Å². The maximum absolute atomic E-state index is 12.4. The number of rotatable bonds is 4. The Morgan fingerprint density at radius 3 is 2.42 bits per heavy atom. The average Bonchev–Trinajstić information content (AvgIpc) is 2.83. The van der Waals surface area contributed by atoms with Crippen molar-refractivity contribution in [2.45, 2.75) is 13.3 Å². The molecule has 1 saturated heterocycles. The van der Waals surface area contributed by atoms with Gasteiger partial charge in [-0.15, -0.1) is 0 Å². The lowest BCUT2D eigenvalue weighted by atomic mass is 10.1. The molecule has 0 aromatic heterocycles. The molecule has 0 spiro atoms. The second kappa shape index (κ2) is 7.03. The van der Waals surface area contributed by atoms with Gasteiger partial charge >= 0.3 is 0 Å². The standard InChI is InChI=1S/C17H20BrN3O3/c1-2-19-7-9-20(10-8-19)15(22)5-6-21-16(23)13-4-3-12(18)11-14(13)17(21)24/h3-4,11H,2,5-10H2,1H3. The Bertz CT molecular complexity index is 684. The van der Waals surface area contributed by atoms with Gasteiger partial charge in [0.2, 0.25) is 5.91 Å². The van der Waals surface area contributed by atoms with Crippen LogP contribution in [-0.4, -0.2) is 71.7 Å². The maximum atomic E-state index is 12.4. The molecule has 2 aliphatic rings. The topological polar surface area (TPSA) is 60.9 Å². The zero-order valence-corrected chi connectivity index (χ0v) is 15.2. The number of nitrogens with zero attached hydrogens (tertiary/aromatic N) is 3. The van der Waals surface area contributed by atoms with Gasteiger partial charge in [0.05, 0.1) is 11.1 Å². The van der Waals surface area contributed by atoms with Crippen LogP contribution in [0.25, 0.3) is 0 Å². The molecule has 6 nitrogen and oxygen atoms in total. The van der Waals surface area contributed by atoms with Crippen LogP contribution in [0.1, 0.15) is 34.1 Å². The molecule has 0 N–H and O–H groups in total. The molecule has 1 fully saturated rings. The summed E-state index contributed by atoms with van der Waals surface area (Å²) in [6, 6.07) is 5.04. The van der Waals surface area contributed by atoms with Crippen LogP contribution >= 0.6 is 15.9 Å². The molecule has 0 saturated carbocycles. The van der Waals surface area contributed by atoms with Crippen molar-refractivity contribution in [1.82, 2.24) is 14.7 Å². The Labute approximate surface area is 149 Å². The fourth-order valence-corrected chi connectivity index (χ4v) is 3.51. The molecule has 0 unspecified atom stereocenters. The van der Waals surface area contributed by atoms with E-state index in [2.05, 4.69) is 27.8 Å². The fourth-order valence-electron chi connectivity index (χ4n) is 3.15. The molecule has 2 heterocycles. The van der Waals surface area contributed by atoms with E-state index >= 15 is 0 Å². The van der Waals surface area contributed by atoms with Crippen molar-refractivity contribution in [2.24, 2.45) is 0 Å². The van der Waals surface area contributed by atoms with Gasteiger partial charge in [0.15, 0.2) is 0 Å². The van der Waals surface area contributed by atoms with Gasteiger partial charge in [0.1, 0.15) is 0 Å². The number of imide groups is 1. The predicted molar refractivity (Wildman–Crippen MR) is 92.8 cm³/mol. The van der Waals surface area contributed by atoms with Gasteiger partial charge in [0.25, 0.3) is 11.8 Å². The number of amides is 3. The van der Waals surface area contributed by atoms with Crippen molar-refractivity contribution in [2.75, 3.05) is 39.3 Å². The summed E-state index contributed by atoms with van der Waals surface area (Å²) in [5.41, 5.74) is 0.811. The summed E-state index contributed by atoms with van der Waals surface area (Å²) in [5.74, 6) is -0.630. The van der Waals surface area contributed by atoms with Crippen LogP contribution < -0.4 is 0 Å². The molecular formula is C17H20BrN3O3. The van der Waals surface area contributed by atoms with E-state index in [0.29, 0.717) is 24.2 Å². The van der Waals surface area contributed by atoms with Gasteiger partial charge in [-0.1, -0.05) is 22.9 Å². The summed E-state index contributed by atoms with van der Waals surface area (Å²) in [5, 5.41) is 0. The number of hydrogen-bond donors (Lipinski definition) is 0. The lowest BCUT2D eigenvalue weighted by Gasteiger charge is -2.34. The number of carbonyl (C=O) groups is 3. The van der Waals surface area contributed by atoms with E-state index in [-0.39, 0.29) is 30.7 Å². The molecule has 7 heteroatoms. The quantitative estimate of drug-likeness (QED) is 0.728. The molecule has 0 atom stereocenters. The molecule has 1 aromatic carbocycles. The number of likely N-dealkylation sites (N-methyl/N-ethyl adjacent to an activating group) is 1. The van der Waals surface area contributed by atoms with Crippen LogP contribution in [0.2, 0.25) is 0 Å². The summed E-state index contributed by atoms with van der Waals surface area (Å²) < 4.78 is 0.758. The van der Waals surface area contributed by atoms with Gasteiger partial charge < -0.3 is 9.80 Å². The maximum Gasteiger partial charge on any atom is 0.261 e. The monoisotopic (exact) mass is 393 g/mol. The van der Waals surface area contributed by atoms with Gasteiger partial charge in [-0.3, -0.25) is 19.3 Å². The van der Waals surface area contributed by atoms with Crippen LogP contribution in [0, 0.1) is 0 Å². The first-order chi connectivity index (χ1) is 11.5. The highest BCUT2D eigenvalue weighted by molar-refractivity contribution is 9.10. The summed E-state index contributed by atoms with van der Waals surface area (Å²) >= 11 is 3.31. The van der Waals surface area contributed by atoms with Crippen LogP contribution in [-0.2, 0) is 4.79 Å². The van der Waals surface area contributed by atoms with E-state index in [1.54, 1.807) is 18.2 Å². The molecule has 2 aliphatic heterocycles. The van der Waals surface area contributed by atoms with Crippen LogP contribution in [0.4, 0.5) is 0 Å². The number of hydrogen-bond acceptors (Lipinski definition) is 4. The molecule has 0 radical (unpaired) electrons. The Morgan fingerprint density at radius 2 is 1.75 bits per heavy atom. The molecule has 0 aliphatic carbocycles. The van der Waals surface area contributed by atoms with Gasteiger partial charge in [-0.05, 0) is 24.7 Å². The Morgan fingerprint density at radius 1 is 1.08 bits per heavy atom. The third-order valence-electron chi connectivity index (χ3n) is 4.65. The van der Waals surface area contributed by atoms with Gasteiger partial charge in [-0.2, -0.15) is 0 Å². The second-order valence-electron chi connectivity index (χ2n) is 6.02. The number of fused-ring (bicyclic) bond motifs is 1. The molecule has 3 amide bonds. The molecular weight excluding hydrogens is 374 g/mol. The van der Waals surface area contributed by atoms with Crippen LogP contribution in [0.5, 0.6) is 0 Å². The first-order valence-corrected chi connectivity index (χ1v) is 8.96. The number of halogens is 1. The predicted octanol–water partition coefficient (Wildman–Crippen LogP) is 1.60. The smallest absolute Gasteiger partial charge is 0.261 e. The SMILES string of the molecule is CCN1CCN(C(=O)CCN2C(=O)c3ccc(Br)cc3C2=O)CC1. The van der Waals surface area contributed by atoms with Crippen LogP contribution in [0.3, 0.4) is 0 Å². The normalized spacial score (nSPS) is 18.2. The Kier molecular flexibility index (Phi) is 5.01. The van der Waals surface area contributed by atoms with E-state index < -0.39 is 0 Å². The lowest BCUT2D eigenvalue weighted by molar-refractivity contribution is -0.133. The van der Waals surface area contributed by atoms with Crippen molar-refractivity contribution >= 4 is 33.7 Å². The third-order valence-corrected chi connectivity index (χ3v) is 5.15. The molecule has 1 aromatic rings. The first kappa shape index (κ1) is 17.1. The Hall–Kier alpha value is -1.73. The Balaban J connectivity index is 1.59. The molecule has 3 rings (SSSR count). The van der Waals surface area contributed by atoms with Crippen LogP contribution in [0.15, 0.2) is 22.7 Å². The third kappa shape index (κ3) is 3.23. The number of carbonyl (C=O) groups excluding carboxylic acids is 3. The largest absolute Gasteiger partial charge is 0.340 e. The van der Waals surface area contributed by atoms with Crippen molar-refractivity contribution < 1.29 is 14.4 Å². The zero-order valence-electron chi connectivity index (χ0n) is 13.6. The highest BCUT2D eigenvalue weighted by Crippen LogP contribution is 2.26. The minimum atomic E-state index is -0.320. The van der Waals surface area contributed by atoms with E-state index in [1.807, 2.05) is 4.90 Å². The highest BCUT2D eigenvalue weighted by atomic mass is 79.9. The summed E-state index contributed by atoms with van der Waals surface area (Å²) in [7, 11) is 0. The van der Waals surface area contributed by atoms with Crippen molar-refractivity contribution in [3.05, 3.63) is 33.8 Å². The lowest BCUT2D eigenvalue weighted by Crippen LogP contribution is -2.49. The minimum Gasteiger partial charge on any atom is -0.340 e. The van der Waals surface area contributed by atoms with Gasteiger partial charge in [0, 0.05) is 43.6 Å². The molecule has 0 bridgehead atoms. The molecule has 24 heavy (non-hydrogen) atoms. The summed E-state index contributed by atoms with van der Waals surface area (Å²) in [4.78, 5) is 42.4. The van der Waals surface area contributed by atoms with Crippen molar-refractivity contribution in [3.63, 3.8) is 0 Å². The summed E-state index contributed by atoms with van der Waals surface area (Å²) in [6.07, 6.45) is 0.179. The first-order valence-electron chi connectivity index (χ1n) is 8.17. The minimum absolute atomic E-state index is 0.00323.